The monoisotopic (exact) mass is 242 g/mol. The summed E-state index contributed by atoms with van der Waals surface area (Å²) in [7, 11) is 0. The van der Waals surface area contributed by atoms with Crippen molar-refractivity contribution in [3.63, 3.8) is 0 Å². The largest absolute Gasteiger partial charge is 0.481 e. The molecule has 5 nitrogen and oxygen atoms in total. The number of carboxylic acids is 1. The smallest absolute Gasteiger partial charge is 0.315 e. The van der Waals surface area contributed by atoms with Crippen molar-refractivity contribution < 1.29 is 14.7 Å². The molecule has 1 aliphatic rings. The van der Waals surface area contributed by atoms with E-state index in [0.29, 0.717) is 5.92 Å². The van der Waals surface area contributed by atoms with E-state index in [-0.39, 0.29) is 18.5 Å². The van der Waals surface area contributed by atoms with Crippen LogP contribution in [-0.2, 0) is 4.79 Å². The van der Waals surface area contributed by atoms with Crippen molar-refractivity contribution >= 4 is 12.0 Å². The van der Waals surface area contributed by atoms with E-state index in [1.807, 2.05) is 0 Å². The highest BCUT2D eigenvalue weighted by atomic mass is 16.4. The Balaban J connectivity index is 2.40. The van der Waals surface area contributed by atoms with Gasteiger partial charge in [0, 0.05) is 11.6 Å². The van der Waals surface area contributed by atoms with Crippen LogP contribution in [0.3, 0.4) is 0 Å². The summed E-state index contributed by atoms with van der Waals surface area (Å²) in [5, 5.41) is 14.3. The van der Waals surface area contributed by atoms with Crippen LogP contribution in [0, 0.1) is 5.92 Å². The summed E-state index contributed by atoms with van der Waals surface area (Å²) in [4.78, 5) is 22.3. The third kappa shape index (κ3) is 4.63. The number of amides is 2. The predicted molar refractivity (Wildman–Crippen MR) is 64.8 cm³/mol. The van der Waals surface area contributed by atoms with Crippen LogP contribution in [-0.4, -0.2) is 28.7 Å². The third-order valence-corrected chi connectivity index (χ3v) is 3.22. The summed E-state index contributed by atoms with van der Waals surface area (Å²) in [6.07, 6.45) is 3.21. The normalized spacial score (nSPS) is 24.4. The third-order valence-electron chi connectivity index (χ3n) is 3.22. The fourth-order valence-electron chi connectivity index (χ4n) is 2.29. The fourth-order valence-corrected chi connectivity index (χ4v) is 2.29. The second-order valence-corrected chi connectivity index (χ2v) is 5.57. The highest BCUT2D eigenvalue weighted by Gasteiger charge is 2.28. The first-order valence-corrected chi connectivity index (χ1v) is 6.10. The molecule has 0 radical (unpaired) electrons. The summed E-state index contributed by atoms with van der Waals surface area (Å²) in [5.74, 6) is -0.409. The second kappa shape index (κ2) is 5.38. The molecule has 5 heteroatoms. The Labute approximate surface area is 102 Å². The van der Waals surface area contributed by atoms with Crippen molar-refractivity contribution in [1.82, 2.24) is 10.6 Å². The number of hydrogen-bond donors (Lipinski definition) is 3. The Morgan fingerprint density at radius 2 is 2.00 bits per heavy atom. The van der Waals surface area contributed by atoms with E-state index < -0.39 is 11.5 Å². The zero-order valence-corrected chi connectivity index (χ0v) is 10.7. The van der Waals surface area contributed by atoms with Crippen LogP contribution in [0.4, 0.5) is 4.79 Å². The molecule has 2 atom stereocenters. The Hall–Kier alpha value is -1.26. The molecule has 1 aliphatic carbocycles. The molecule has 0 bridgehead atoms. The Morgan fingerprint density at radius 3 is 2.47 bits per heavy atom. The fraction of sp³-hybridized carbons (Fsp3) is 0.833. The van der Waals surface area contributed by atoms with Gasteiger partial charge in [0.1, 0.15) is 0 Å². The minimum absolute atomic E-state index is 0.0827. The van der Waals surface area contributed by atoms with Gasteiger partial charge in [-0.15, -0.1) is 0 Å². The van der Waals surface area contributed by atoms with Gasteiger partial charge in [-0.2, -0.15) is 0 Å². The molecule has 0 aromatic heterocycles. The van der Waals surface area contributed by atoms with Crippen molar-refractivity contribution in [2.45, 2.75) is 58.0 Å². The highest BCUT2D eigenvalue weighted by Crippen LogP contribution is 2.24. The number of hydrogen-bond acceptors (Lipinski definition) is 2. The van der Waals surface area contributed by atoms with Crippen LogP contribution < -0.4 is 10.6 Å². The lowest BCUT2D eigenvalue weighted by Gasteiger charge is -2.26. The quantitative estimate of drug-likeness (QED) is 0.702. The van der Waals surface area contributed by atoms with Crippen molar-refractivity contribution in [3.05, 3.63) is 0 Å². The summed E-state index contributed by atoms with van der Waals surface area (Å²) in [6.45, 7) is 5.54. The van der Waals surface area contributed by atoms with Gasteiger partial charge < -0.3 is 15.7 Å². The van der Waals surface area contributed by atoms with E-state index >= 15 is 0 Å². The number of rotatable bonds is 4. The summed E-state index contributed by atoms with van der Waals surface area (Å²) >= 11 is 0. The maximum Gasteiger partial charge on any atom is 0.315 e. The topological polar surface area (TPSA) is 78.4 Å². The van der Waals surface area contributed by atoms with Crippen molar-refractivity contribution in [1.29, 1.82) is 0 Å². The Kier molecular flexibility index (Phi) is 4.37. The number of nitrogens with one attached hydrogen (secondary N) is 2. The second-order valence-electron chi connectivity index (χ2n) is 5.57. The van der Waals surface area contributed by atoms with Crippen molar-refractivity contribution in [2.24, 2.45) is 5.92 Å². The maximum atomic E-state index is 11.7. The van der Waals surface area contributed by atoms with Crippen LogP contribution in [0.2, 0.25) is 0 Å². The first-order valence-electron chi connectivity index (χ1n) is 6.10. The SMILES string of the molecule is CC1CCCC1NC(=O)NC(C)(C)CC(=O)O. The number of carbonyl (C=O) groups excluding carboxylic acids is 1. The van der Waals surface area contributed by atoms with E-state index in [2.05, 4.69) is 17.6 Å². The van der Waals surface area contributed by atoms with Crippen LogP contribution in [0.25, 0.3) is 0 Å². The van der Waals surface area contributed by atoms with Gasteiger partial charge in [0.05, 0.1) is 6.42 Å². The van der Waals surface area contributed by atoms with Gasteiger partial charge in [0.2, 0.25) is 0 Å². The van der Waals surface area contributed by atoms with Gasteiger partial charge >= 0.3 is 12.0 Å². The maximum absolute atomic E-state index is 11.7. The molecule has 3 N–H and O–H groups in total. The molecular formula is C12H22N2O3. The molecule has 1 rings (SSSR count). The molecule has 1 fully saturated rings. The minimum Gasteiger partial charge on any atom is -0.481 e. The van der Waals surface area contributed by atoms with E-state index in [9.17, 15) is 9.59 Å². The van der Waals surface area contributed by atoms with Gasteiger partial charge in [-0.25, -0.2) is 4.79 Å². The molecule has 2 unspecified atom stereocenters. The summed E-state index contributed by atoms with van der Waals surface area (Å²) in [6, 6.07) is -0.0503. The Morgan fingerprint density at radius 1 is 1.35 bits per heavy atom. The van der Waals surface area contributed by atoms with Crippen LogP contribution in [0.15, 0.2) is 0 Å². The molecule has 1 saturated carbocycles. The zero-order chi connectivity index (χ0) is 13.1. The van der Waals surface area contributed by atoms with Gasteiger partial charge in [-0.05, 0) is 32.6 Å². The predicted octanol–water partition coefficient (Wildman–Crippen LogP) is 1.73. The molecule has 0 spiro atoms. The van der Waals surface area contributed by atoms with Gasteiger partial charge in [-0.1, -0.05) is 13.3 Å². The molecular weight excluding hydrogens is 220 g/mol. The average Bonchev–Trinajstić information content (AvgIpc) is 2.47. The van der Waals surface area contributed by atoms with Crippen LogP contribution in [0.1, 0.15) is 46.5 Å². The molecule has 0 heterocycles. The standard InChI is InChI=1S/C12H22N2O3/c1-8-5-4-6-9(8)13-11(17)14-12(2,3)7-10(15)16/h8-9H,4-7H2,1-3H3,(H,15,16)(H2,13,14,17). The molecule has 17 heavy (non-hydrogen) atoms. The summed E-state index contributed by atoms with van der Waals surface area (Å²) in [5.41, 5.74) is -0.724. The zero-order valence-electron chi connectivity index (χ0n) is 10.7. The first kappa shape index (κ1) is 13.8. The molecule has 98 valence electrons. The minimum atomic E-state index is -0.912. The average molecular weight is 242 g/mol. The van der Waals surface area contributed by atoms with Gasteiger partial charge in [0.25, 0.3) is 0 Å². The first-order chi connectivity index (χ1) is 7.80. The van der Waals surface area contributed by atoms with E-state index in [0.717, 1.165) is 19.3 Å². The van der Waals surface area contributed by atoms with E-state index in [1.165, 1.54) is 0 Å². The molecule has 0 aromatic rings. The van der Waals surface area contributed by atoms with Gasteiger partial charge in [-0.3, -0.25) is 4.79 Å². The molecule has 2 amide bonds. The molecule has 0 aromatic carbocycles. The lowest BCUT2D eigenvalue weighted by atomic mass is 10.0. The lowest BCUT2D eigenvalue weighted by Crippen LogP contribution is -2.52. The lowest BCUT2D eigenvalue weighted by molar-refractivity contribution is -0.138. The number of aliphatic carboxylic acids is 1. The number of urea groups is 1. The molecule has 0 saturated heterocycles. The van der Waals surface area contributed by atoms with Gasteiger partial charge in [0.15, 0.2) is 0 Å². The number of carbonyl (C=O) groups is 2. The van der Waals surface area contributed by atoms with Crippen molar-refractivity contribution in [2.75, 3.05) is 0 Å². The van der Waals surface area contributed by atoms with Crippen LogP contribution in [0.5, 0.6) is 0 Å². The molecule has 0 aliphatic heterocycles. The number of carboxylic acid groups (broad SMARTS) is 1. The highest BCUT2D eigenvalue weighted by molar-refractivity contribution is 5.76. The van der Waals surface area contributed by atoms with E-state index in [4.69, 9.17) is 5.11 Å². The van der Waals surface area contributed by atoms with Crippen molar-refractivity contribution in [3.8, 4) is 0 Å². The van der Waals surface area contributed by atoms with E-state index in [1.54, 1.807) is 13.8 Å². The van der Waals surface area contributed by atoms with Crippen LogP contribution >= 0.6 is 0 Å². The Bertz CT molecular complexity index is 302. The summed E-state index contributed by atoms with van der Waals surface area (Å²) < 4.78 is 0.